The number of aromatic nitrogens is 1. The van der Waals surface area contributed by atoms with Gasteiger partial charge in [0.25, 0.3) is 5.91 Å². The largest absolute Gasteiger partial charge is 0.341 e. The van der Waals surface area contributed by atoms with E-state index in [9.17, 15) is 4.79 Å². The van der Waals surface area contributed by atoms with Crippen LogP contribution in [-0.4, -0.2) is 35.9 Å². The lowest BCUT2D eigenvalue weighted by Gasteiger charge is -2.29. The molecular weight excluding hydrogens is 333 g/mol. The number of benzene rings is 1. The highest BCUT2D eigenvalue weighted by atomic mass is 35.5. The Kier molecular flexibility index (Phi) is 7.98. The Morgan fingerprint density at radius 3 is 2.48 bits per heavy atom. The molecule has 0 spiro atoms. The molecule has 0 aliphatic carbocycles. The first-order valence-corrected chi connectivity index (χ1v) is 7.16. The van der Waals surface area contributed by atoms with Gasteiger partial charge in [-0.25, -0.2) is 0 Å². The van der Waals surface area contributed by atoms with Crippen molar-refractivity contribution in [1.82, 2.24) is 9.88 Å². The molecule has 1 aromatic heterocycles. The Morgan fingerprint density at radius 1 is 1.26 bits per heavy atom. The average Bonchev–Trinajstić information content (AvgIpc) is 2.45. The number of para-hydroxylation sites is 1. The van der Waals surface area contributed by atoms with Crippen molar-refractivity contribution in [3.8, 4) is 0 Å². The molecule has 1 aromatic carbocycles. The lowest BCUT2D eigenvalue weighted by molar-refractivity contribution is 0.0742. The van der Waals surface area contributed by atoms with Crippen LogP contribution in [0.1, 0.15) is 29.9 Å². The Hall–Kier alpha value is -1.36. The van der Waals surface area contributed by atoms with E-state index in [-0.39, 0.29) is 36.1 Å². The summed E-state index contributed by atoms with van der Waals surface area (Å²) in [6, 6.07) is 9.60. The van der Waals surface area contributed by atoms with E-state index >= 15 is 0 Å². The van der Waals surface area contributed by atoms with Crippen molar-refractivity contribution in [2.24, 2.45) is 11.1 Å². The number of amides is 1. The number of fused-ring (bicyclic) bond motifs is 1. The second-order valence-electron chi connectivity index (χ2n) is 6.36. The molecule has 0 saturated heterocycles. The summed E-state index contributed by atoms with van der Waals surface area (Å²) in [7, 11) is 1.82. The van der Waals surface area contributed by atoms with Crippen LogP contribution in [0.5, 0.6) is 0 Å². The van der Waals surface area contributed by atoms with Crippen LogP contribution in [0.15, 0.2) is 30.3 Å². The third-order valence-electron chi connectivity index (χ3n) is 3.64. The minimum absolute atomic E-state index is 0. The minimum atomic E-state index is -0.0950. The topological polar surface area (TPSA) is 59.2 Å². The summed E-state index contributed by atoms with van der Waals surface area (Å²) >= 11 is 0. The van der Waals surface area contributed by atoms with E-state index in [1.807, 2.05) is 44.3 Å². The molecule has 1 heterocycles. The third-order valence-corrected chi connectivity index (χ3v) is 3.64. The zero-order valence-corrected chi connectivity index (χ0v) is 15.6. The van der Waals surface area contributed by atoms with Gasteiger partial charge < -0.3 is 10.6 Å². The van der Waals surface area contributed by atoms with Crippen molar-refractivity contribution in [2.45, 2.75) is 20.8 Å². The summed E-state index contributed by atoms with van der Waals surface area (Å²) < 4.78 is 0. The van der Waals surface area contributed by atoms with Crippen LogP contribution >= 0.6 is 24.8 Å². The first-order chi connectivity index (χ1) is 9.84. The van der Waals surface area contributed by atoms with Gasteiger partial charge >= 0.3 is 0 Å². The number of carbonyl (C=O) groups is 1. The van der Waals surface area contributed by atoms with Crippen LogP contribution in [0.4, 0.5) is 0 Å². The van der Waals surface area contributed by atoms with Crippen molar-refractivity contribution in [3.05, 3.63) is 41.6 Å². The molecule has 4 nitrogen and oxygen atoms in total. The van der Waals surface area contributed by atoms with Crippen LogP contribution in [0, 0.1) is 12.3 Å². The maximum Gasteiger partial charge on any atom is 0.254 e. The van der Waals surface area contributed by atoms with Gasteiger partial charge in [0.1, 0.15) is 0 Å². The van der Waals surface area contributed by atoms with Gasteiger partial charge in [-0.3, -0.25) is 9.78 Å². The van der Waals surface area contributed by atoms with Gasteiger partial charge in [-0.05, 0) is 31.0 Å². The second-order valence-corrected chi connectivity index (χ2v) is 6.36. The van der Waals surface area contributed by atoms with E-state index in [4.69, 9.17) is 5.73 Å². The molecule has 2 N–H and O–H groups in total. The highest BCUT2D eigenvalue weighted by molar-refractivity contribution is 6.06. The van der Waals surface area contributed by atoms with E-state index in [0.29, 0.717) is 18.7 Å². The number of pyridine rings is 1. The van der Waals surface area contributed by atoms with Gasteiger partial charge in [0.2, 0.25) is 0 Å². The number of nitrogens with zero attached hydrogens (tertiary/aromatic N) is 2. The van der Waals surface area contributed by atoms with Gasteiger partial charge in [-0.1, -0.05) is 32.0 Å². The fraction of sp³-hybridized carbons (Fsp3) is 0.412. The number of nitrogens with two attached hydrogens (primary N) is 1. The summed E-state index contributed by atoms with van der Waals surface area (Å²) in [5.74, 6) is 0.0122. The first-order valence-electron chi connectivity index (χ1n) is 7.16. The van der Waals surface area contributed by atoms with Crippen LogP contribution < -0.4 is 5.73 Å². The number of hydrogen-bond acceptors (Lipinski definition) is 3. The molecule has 0 bridgehead atoms. The Bertz CT molecular complexity index is 674. The molecule has 0 aliphatic heterocycles. The van der Waals surface area contributed by atoms with Crippen molar-refractivity contribution >= 4 is 41.6 Å². The normalized spacial score (nSPS) is 10.7. The van der Waals surface area contributed by atoms with E-state index < -0.39 is 0 Å². The molecule has 128 valence electrons. The minimum Gasteiger partial charge on any atom is -0.341 e. The smallest absolute Gasteiger partial charge is 0.254 e. The number of hydrogen-bond donors (Lipinski definition) is 1. The number of rotatable bonds is 4. The fourth-order valence-corrected chi connectivity index (χ4v) is 2.47. The monoisotopic (exact) mass is 357 g/mol. The van der Waals surface area contributed by atoms with Crippen LogP contribution in [0.3, 0.4) is 0 Å². The summed E-state index contributed by atoms with van der Waals surface area (Å²) in [6.45, 7) is 7.20. The summed E-state index contributed by atoms with van der Waals surface area (Å²) in [5, 5.41) is 0.894. The Morgan fingerprint density at radius 2 is 1.87 bits per heavy atom. The molecular formula is C17H25Cl2N3O. The Labute approximate surface area is 150 Å². The molecule has 0 saturated carbocycles. The molecule has 0 fully saturated rings. The first kappa shape index (κ1) is 21.6. The van der Waals surface area contributed by atoms with E-state index in [0.717, 1.165) is 16.6 Å². The zero-order chi connectivity index (χ0) is 15.6. The fourth-order valence-electron chi connectivity index (χ4n) is 2.47. The predicted octanol–water partition coefficient (Wildman–Crippen LogP) is 3.44. The summed E-state index contributed by atoms with van der Waals surface area (Å²) in [4.78, 5) is 19.0. The SMILES string of the molecule is Cc1cc(C(=O)N(C)CC(C)(C)CN)c2ccccc2n1.Cl.Cl. The second kappa shape index (κ2) is 8.48. The molecule has 23 heavy (non-hydrogen) atoms. The van der Waals surface area contributed by atoms with Crippen molar-refractivity contribution in [2.75, 3.05) is 20.1 Å². The molecule has 1 amide bonds. The van der Waals surface area contributed by atoms with Crippen LogP contribution in [-0.2, 0) is 0 Å². The zero-order valence-electron chi connectivity index (χ0n) is 14.0. The lowest BCUT2D eigenvalue weighted by atomic mass is 9.93. The van der Waals surface area contributed by atoms with Gasteiger partial charge in [0, 0.05) is 24.7 Å². The Balaban J connectivity index is 0.00000242. The van der Waals surface area contributed by atoms with Crippen LogP contribution in [0.25, 0.3) is 10.9 Å². The molecule has 0 radical (unpaired) electrons. The quantitative estimate of drug-likeness (QED) is 0.911. The van der Waals surface area contributed by atoms with Gasteiger partial charge in [0.05, 0.1) is 11.1 Å². The standard InChI is InChI=1S/C17H23N3O.2ClH/c1-12-9-14(13-7-5-6-8-15(13)19-12)16(21)20(4)11-17(2,3)10-18;;/h5-9H,10-11,18H2,1-4H3;2*1H. The average molecular weight is 358 g/mol. The predicted molar refractivity (Wildman–Crippen MR) is 101 cm³/mol. The third kappa shape index (κ3) is 5.06. The molecule has 0 atom stereocenters. The van der Waals surface area contributed by atoms with Gasteiger partial charge in [-0.15, -0.1) is 24.8 Å². The summed E-state index contributed by atoms with van der Waals surface area (Å²) in [5.41, 5.74) is 8.07. The van der Waals surface area contributed by atoms with E-state index in [2.05, 4.69) is 18.8 Å². The highest BCUT2D eigenvalue weighted by Gasteiger charge is 2.23. The van der Waals surface area contributed by atoms with E-state index in [1.54, 1.807) is 4.90 Å². The number of halogens is 2. The number of aryl methyl sites for hydroxylation is 1. The molecule has 6 heteroatoms. The van der Waals surface area contributed by atoms with Crippen molar-refractivity contribution in [3.63, 3.8) is 0 Å². The van der Waals surface area contributed by atoms with Crippen LogP contribution in [0.2, 0.25) is 0 Å². The highest BCUT2D eigenvalue weighted by Crippen LogP contribution is 2.21. The van der Waals surface area contributed by atoms with E-state index in [1.165, 1.54) is 0 Å². The molecule has 0 aliphatic rings. The van der Waals surface area contributed by atoms with Gasteiger partial charge in [0.15, 0.2) is 0 Å². The van der Waals surface area contributed by atoms with Gasteiger partial charge in [-0.2, -0.15) is 0 Å². The molecule has 2 aromatic rings. The summed E-state index contributed by atoms with van der Waals surface area (Å²) in [6.07, 6.45) is 0. The van der Waals surface area contributed by atoms with Crippen molar-refractivity contribution in [1.29, 1.82) is 0 Å². The molecule has 0 unspecified atom stereocenters. The maximum atomic E-state index is 12.8. The number of carbonyl (C=O) groups excluding carboxylic acids is 1. The van der Waals surface area contributed by atoms with Crippen molar-refractivity contribution < 1.29 is 4.79 Å². The molecule has 2 rings (SSSR count). The maximum absolute atomic E-state index is 12.8. The lowest BCUT2D eigenvalue weighted by Crippen LogP contribution is -2.39.